The zero-order valence-corrected chi connectivity index (χ0v) is 10.7. The molecule has 0 bridgehead atoms. The van der Waals surface area contributed by atoms with Gasteiger partial charge in [0, 0.05) is 13.1 Å². The summed E-state index contributed by atoms with van der Waals surface area (Å²) in [5.41, 5.74) is 0.133. The highest BCUT2D eigenvalue weighted by atomic mass is 16.5. The number of rotatable bonds is 3. The smallest absolute Gasteiger partial charge is 0.358 e. The molecule has 0 aliphatic carbocycles. The number of ether oxygens (including phenoxy) is 1. The van der Waals surface area contributed by atoms with Gasteiger partial charge in [-0.1, -0.05) is 6.92 Å². The van der Waals surface area contributed by atoms with Crippen molar-refractivity contribution < 1.29 is 19.4 Å². The number of anilines is 1. The van der Waals surface area contributed by atoms with Crippen LogP contribution < -0.4 is 4.90 Å². The summed E-state index contributed by atoms with van der Waals surface area (Å²) in [5, 5.41) is 16.8. The summed E-state index contributed by atoms with van der Waals surface area (Å²) in [6.45, 7) is 2.92. The highest BCUT2D eigenvalue weighted by molar-refractivity contribution is 5.87. The highest BCUT2D eigenvalue weighted by Gasteiger charge is 2.35. The SMILES string of the molecule is COC(=O)c1ccc(N2C[C@@H](C)[C@H](C(=O)O)C2)nn1. The lowest BCUT2D eigenvalue weighted by Crippen LogP contribution is -2.24. The lowest BCUT2D eigenvalue weighted by Gasteiger charge is -2.15. The van der Waals surface area contributed by atoms with Crippen LogP contribution >= 0.6 is 0 Å². The van der Waals surface area contributed by atoms with Gasteiger partial charge in [0.1, 0.15) is 0 Å². The van der Waals surface area contributed by atoms with E-state index in [0.717, 1.165) is 0 Å². The molecule has 19 heavy (non-hydrogen) atoms. The highest BCUT2D eigenvalue weighted by Crippen LogP contribution is 2.26. The third-order valence-corrected chi connectivity index (χ3v) is 3.30. The van der Waals surface area contributed by atoms with E-state index in [4.69, 9.17) is 5.11 Å². The number of methoxy groups -OCH3 is 1. The van der Waals surface area contributed by atoms with Gasteiger partial charge in [-0.25, -0.2) is 4.79 Å². The van der Waals surface area contributed by atoms with Gasteiger partial charge < -0.3 is 14.7 Å². The first-order valence-corrected chi connectivity index (χ1v) is 5.92. The zero-order chi connectivity index (χ0) is 14.0. The van der Waals surface area contributed by atoms with Crippen LogP contribution in [-0.4, -0.2) is 47.4 Å². The Bertz CT molecular complexity index is 488. The van der Waals surface area contributed by atoms with Crippen molar-refractivity contribution in [3.8, 4) is 0 Å². The van der Waals surface area contributed by atoms with Crippen LogP contribution in [0.1, 0.15) is 17.4 Å². The minimum Gasteiger partial charge on any atom is -0.481 e. The van der Waals surface area contributed by atoms with Gasteiger partial charge in [0.15, 0.2) is 11.5 Å². The van der Waals surface area contributed by atoms with Gasteiger partial charge in [0.2, 0.25) is 0 Å². The topological polar surface area (TPSA) is 92.6 Å². The van der Waals surface area contributed by atoms with Gasteiger partial charge in [-0.05, 0) is 18.1 Å². The first kappa shape index (κ1) is 13.3. The molecule has 0 amide bonds. The molecule has 2 atom stereocenters. The Balaban J connectivity index is 2.12. The number of aromatic nitrogens is 2. The molecule has 1 aromatic heterocycles. The molecule has 1 aliphatic heterocycles. The predicted octanol–water partition coefficient (Wildman–Crippen LogP) is 0.420. The fraction of sp³-hybridized carbons (Fsp3) is 0.500. The van der Waals surface area contributed by atoms with E-state index in [9.17, 15) is 9.59 Å². The minimum atomic E-state index is -0.797. The predicted molar refractivity (Wildman–Crippen MR) is 65.9 cm³/mol. The van der Waals surface area contributed by atoms with Crippen LogP contribution in [0.4, 0.5) is 5.82 Å². The fourth-order valence-corrected chi connectivity index (χ4v) is 2.18. The quantitative estimate of drug-likeness (QED) is 0.791. The molecule has 2 heterocycles. The Kier molecular flexibility index (Phi) is 3.64. The van der Waals surface area contributed by atoms with E-state index in [2.05, 4.69) is 14.9 Å². The Morgan fingerprint density at radius 1 is 1.37 bits per heavy atom. The van der Waals surface area contributed by atoms with Gasteiger partial charge >= 0.3 is 11.9 Å². The molecular formula is C12H15N3O4. The van der Waals surface area contributed by atoms with Crippen molar-refractivity contribution in [1.29, 1.82) is 0 Å². The van der Waals surface area contributed by atoms with Crippen molar-refractivity contribution in [2.24, 2.45) is 11.8 Å². The third kappa shape index (κ3) is 2.64. The maximum absolute atomic E-state index is 11.2. The second-order valence-electron chi connectivity index (χ2n) is 4.60. The summed E-state index contributed by atoms with van der Waals surface area (Å²) in [7, 11) is 1.28. The van der Waals surface area contributed by atoms with Gasteiger partial charge in [-0.15, -0.1) is 10.2 Å². The number of hydrogen-bond donors (Lipinski definition) is 1. The third-order valence-electron chi connectivity index (χ3n) is 3.30. The van der Waals surface area contributed by atoms with E-state index in [0.29, 0.717) is 18.9 Å². The van der Waals surface area contributed by atoms with Crippen LogP contribution in [0.5, 0.6) is 0 Å². The molecule has 1 aliphatic rings. The first-order chi connectivity index (χ1) is 9.02. The van der Waals surface area contributed by atoms with Crippen LogP contribution in [0, 0.1) is 11.8 Å². The average molecular weight is 265 g/mol. The summed E-state index contributed by atoms with van der Waals surface area (Å²) in [6.07, 6.45) is 0. The molecule has 7 heteroatoms. The molecule has 1 saturated heterocycles. The number of hydrogen-bond acceptors (Lipinski definition) is 6. The van der Waals surface area contributed by atoms with E-state index < -0.39 is 17.9 Å². The van der Waals surface area contributed by atoms with Crippen LogP contribution in [-0.2, 0) is 9.53 Å². The molecule has 0 aromatic carbocycles. The molecule has 1 fully saturated rings. The lowest BCUT2D eigenvalue weighted by atomic mass is 9.99. The molecule has 1 N–H and O–H groups in total. The van der Waals surface area contributed by atoms with Crippen molar-refractivity contribution >= 4 is 17.8 Å². The summed E-state index contributed by atoms with van der Waals surface area (Å²) in [6, 6.07) is 3.17. The maximum Gasteiger partial charge on any atom is 0.358 e. The summed E-state index contributed by atoms with van der Waals surface area (Å²) >= 11 is 0. The van der Waals surface area contributed by atoms with Crippen LogP contribution in [0.2, 0.25) is 0 Å². The lowest BCUT2D eigenvalue weighted by molar-refractivity contribution is -0.142. The zero-order valence-electron chi connectivity index (χ0n) is 10.7. The Labute approximate surface area is 110 Å². The van der Waals surface area contributed by atoms with Gasteiger partial charge in [0.25, 0.3) is 0 Å². The number of carbonyl (C=O) groups is 2. The van der Waals surface area contributed by atoms with E-state index in [-0.39, 0.29) is 11.6 Å². The van der Waals surface area contributed by atoms with Gasteiger partial charge in [0.05, 0.1) is 13.0 Å². The number of aliphatic carboxylic acids is 1. The second-order valence-corrected chi connectivity index (χ2v) is 4.60. The van der Waals surface area contributed by atoms with E-state index in [1.54, 1.807) is 6.07 Å². The molecule has 0 saturated carbocycles. The minimum absolute atomic E-state index is 0.0552. The van der Waals surface area contributed by atoms with E-state index in [1.165, 1.54) is 13.2 Å². The number of carboxylic acid groups (broad SMARTS) is 1. The number of nitrogens with zero attached hydrogens (tertiary/aromatic N) is 3. The van der Waals surface area contributed by atoms with Gasteiger partial charge in [-0.2, -0.15) is 0 Å². The van der Waals surface area contributed by atoms with Crippen LogP contribution in [0.3, 0.4) is 0 Å². The fourth-order valence-electron chi connectivity index (χ4n) is 2.18. The molecule has 0 radical (unpaired) electrons. The van der Waals surface area contributed by atoms with Crippen molar-refractivity contribution in [3.05, 3.63) is 17.8 Å². The molecule has 0 unspecified atom stereocenters. The summed E-state index contributed by atoms with van der Waals surface area (Å²) < 4.78 is 4.53. The Morgan fingerprint density at radius 2 is 2.11 bits per heavy atom. The van der Waals surface area contributed by atoms with Crippen molar-refractivity contribution in [3.63, 3.8) is 0 Å². The number of carbonyl (C=O) groups excluding carboxylic acids is 1. The van der Waals surface area contributed by atoms with Crippen molar-refractivity contribution in [1.82, 2.24) is 10.2 Å². The summed E-state index contributed by atoms with van der Waals surface area (Å²) in [4.78, 5) is 24.1. The van der Waals surface area contributed by atoms with Crippen LogP contribution in [0.25, 0.3) is 0 Å². The molecule has 102 valence electrons. The van der Waals surface area contributed by atoms with Crippen LogP contribution in [0.15, 0.2) is 12.1 Å². The van der Waals surface area contributed by atoms with E-state index in [1.807, 2.05) is 11.8 Å². The molecule has 0 spiro atoms. The second kappa shape index (κ2) is 5.21. The molecular weight excluding hydrogens is 250 g/mol. The number of esters is 1. The number of carboxylic acids is 1. The monoisotopic (exact) mass is 265 g/mol. The normalized spacial score (nSPS) is 22.3. The van der Waals surface area contributed by atoms with Gasteiger partial charge in [-0.3, -0.25) is 4.79 Å². The Morgan fingerprint density at radius 3 is 2.58 bits per heavy atom. The van der Waals surface area contributed by atoms with Crippen molar-refractivity contribution in [2.45, 2.75) is 6.92 Å². The standard InChI is InChI=1S/C12H15N3O4/c1-7-5-15(6-8(7)11(16)17)10-4-3-9(13-14-10)12(18)19-2/h3-4,7-8H,5-6H2,1-2H3,(H,16,17)/t7-,8-/m1/s1. The van der Waals surface area contributed by atoms with E-state index >= 15 is 0 Å². The molecule has 7 nitrogen and oxygen atoms in total. The maximum atomic E-state index is 11.2. The molecule has 2 rings (SSSR count). The van der Waals surface area contributed by atoms with Crippen molar-refractivity contribution in [2.75, 3.05) is 25.1 Å². The largest absolute Gasteiger partial charge is 0.481 e. The average Bonchev–Trinajstić information content (AvgIpc) is 2.80. The summed E-state index contributed by atoms with van der Waals surface area (Å²) in [5.74, 6) is -1.11. The molecule has 1 aromatic rings. The Hall–Kier alpha value is -2.18. The first-order valence-electron chi connectivity index (χ1n) is 5.92.